The lowest BCUT2D eigenvalue weighted by atomic mass is 10.1. The number of rotatable bonds is 5. The second kappa shape index (κ2) is 6.22. The minimum atomic E-state index is -0.0913. The molecule has 1 saturated heterocycles. The summed E-state index contributed by atoms with van der Waals surface area (Å²) in [6, 6.07) is 3.49. The maximum Gasteiger partial charge on any atom is 0.224 e. The molecule has 110 valence electrons. The fourth-order valence-corrected chi connectivity index (χ4v) is 2.59. The van der Waals surface area contributed by atoms with Gasteiger partial charge < -0.3 is 19.5 Å². The van der Waals surface area contributed by atoms with Crippen molar-refractivity contribution in [3.05, 3.63) is 17.7 Å². The molecule has 1 fully saturated rings. The van der Waals surface area contributed by atoms with E-state index < -0.39 is 0 Å². The Morgan fingerprint density at radius 3 is 2.40 bits per heavy atom. The Kier molecular flexibility index (Phi) is 4.60. The normalized spacial score (nSPS) is 18.4. The second-order valence-corrected chi connectivity index (χ2v) is 5.36. The summed E-state index contributed by atoms with van der Waals surface area (Å²) < 4.78 is 10.2. The van der Waals surface area contributed by atoms with Gasteiger partial charge in [-0.05, 0) is 24.1 Å². The number of hydrogen-bond acceptors (Lipinski definition) is 4. The zero-order valence-electron chi connectivity index (χ0n) is 11.6. The first-order valence-electron chi connectivity index (χ1n) is 6.41. The monoisotopic (exact) mass is 299 g/mol. The molecular formula is C14H18ClNO4. The van der Waals surface area contributed by atoms with E-state index in [1.165, 1.54) is 14.2 Å². The predicted molar refractivity (Wildman–Crippen MR) is 75.8 cm³/mol. The number of halogens is 1. The van der Waals surface area contributed by atoms with Gasteiger partial charge in [0.05, 0.1) is 19.6 Å². The molecule has 0 aliphatic carbocycles. The number of benzene rings is 1. The Labute approximate surface area is 123 Å². The van der Waals surface area contributed by atoms with Crippen LogP contribution in [0.2, 0.25) is 0 Å². The van der Waals surface area contributed by atoms with Crippen LogP contribution in [-0.2, 0) is 11.2 Å². The van der Waals surface area contributed by atoms with Gasteiger partial charge in [-0.3, -0.25) is 4.79 Å². The Morgan fingerprint density at radius 2 is 1.95 bits per heavy atom. The molecule has 1 aliphatic rings. The van der Waals surface area contributed by atoms with Crippen molar-refractivity contribution in [3.8, 4) is 17.2 Å². The average molecular weight is 300 g/mol. The molecule has 0 radical (unpaired) electrons. The van der Waals surface area contributed by atoms with Crippen molar-refractivity contribution in [1.82, 2.24) is 4.90 Å². The Morgan fingerprint density at radius 1 is 1.35 bits per heavy atom. The van der Waals surface area contributed by atoms with E-state index in [1.807, 2.05) is 0 Å². The van der Waals surface area contributed by atoms with E-state index in [0.717, 1.165) is 5.56 Å². The third-order valence-electron chi connectivity index (χ3n) is 3.38. The van der Waals surface area contributed by atoms with Crippen molar-refractivity contribution < 1.29 is 19.4 Å². The zero-order chi connectivity index (χ0) is 14.7. The van der Waals surface area contributed by atoms with Crippen LogP contribution in [0.1, 0.15) is 12.0 Å². The quantitative estimate of drug-likeness (QED) is 0.842. The number of carbonyl (C=O) groups excluding carboxylic acids is 1. The SMILES string of the molecule is COc1cc(CCN2CC(Cl)CC2=O)cc(OC)c1O. The highest BCUT2D eigenvalue weighted by atomic mass is 35.5. The number of ether oxygens (including phenoxy) is 2. The third-order valence-corrected chi connectivity index (χ3v) is 3.67. The first-order chi connectivity index (χ1) is 9.55. The molecule has 1 amide bonds. The summed E-state index contributed by atoms with van der Waals surface area (Å²) in [5.41, 5.74) is 0.933. The molecule has 1 aromatic rings. The molecule has 1 N–H and O–H groups in total. The summed E-state index contributed by atoms with van der Waals surface area (Å²) in [6.45, 7) is 1.19. The fraction of sp³-hybridized carbons (Fsp3) is 0.500. The number of likely N-dealkylation sites (tertiary alicyclic amines) is 1. The highest BCUT2D eigenvalue weighted by molar-refractivity contribution is 6.22. The van der Waals surface area contributed by atoms with Crippen LogP contribution in [0.4, 0.5) is 0 Å². The maximum absolute atomic E-state index is 11.7. The van der Waals surface area contributed by atoms with Crippen molar-refractivity contribution in [2.75, 3.05) is 27.3 Å². The number of hydrogen-bond donors (Lipinski definition) is 1. The largest absolute Gasteiger partial charge is 0.502 e. The number of amides is 1. The van der Waals surface area contributed by atoms with Crippen molar-refractivity contribution in [2.45, 2.75) is 18.2 Å². The lowest BCUT2D eigenvalue weighted by molar-refractivity contribution is -0.127. The van der Waals surface area contributed by atoms with Gasteiger partial charge in [0.25, 0.3) is 0 Å². The third kappa shape index (κ3) is 3.10. The highest BCUT2D eigenvalue weighted by Crippen LogP contribution is 2.37. The Balaban J connectivity index is 2.08. The van der Waals surface area contributed by atoms with Gasteiger partial charge in [-0.15, -0.1) is 11.6 Å². The standard InChI is InChI=1S/C14H18ClNO4/c1-19-11-5-9(6-12(20-2)14(11)18)3-4-16-8-10(15)7-13(16)17/h5-6,10,18H,3-4,7-8H2,1-2H3. The summed E-state index contributed by atoms with van der Waals surface area (Å²) in [7, 11) is 2.97. The van der Waals surface area contributed by atoms with Gasteiger partial charge in [-0.2, -0.15) is 0 Å². The molecule has 1 unspecified atom stereocenters. The molecule has 1 heterocycles. The number of nitrogens with zero attached hydrogens (tertiary/aromatic N) is 1. The summed E-state index contributed by atoms with van der Waals surface area (Å²) in [6.07, 6.45) is 1.06. The first kappa shape index (κ1) is 14.8. The fourth-order valence-electron chi connectivity index (χ4n) is 2.30. The number of methoxy groups -OCH3 is 2. The highest BCUT2D eigenvalue weighted by Gasteiger charge is 2.27. The lowest BCUT2D eigenvalue weighted by Gasteiger charge is -2.16. The number of phenols is 1. The molecular weight excluding hydrogens is 282 g/mol. The Bertz CT molecular complexity index is 481. The average Bonchev–Trinajstić information content (AvgIpc) is 2.75. The first-order valence-corrected chi connectivity index (χ1v) is 6.84. The molecule has 2 rings (SSSR count). The van der Waals surface area contributed by atoms with Gasteiger partial charge >= 0.3 is 0 Å². The van der Waals surface area contributed by atoms with Crippen molar-refractivity contribution in [1.29, 1.82) is 0 Å². The zero-order valence-corrected chi connectivity index (χ0v) is 12.3. The maximum atomic E-state index is 11.7. The second-order valence-electron chi connectivity index (χ2n) is 4.74. The molecule has 1 aromatic carbocycles. The van der Waals surface area contributed by atoms with E-state index in [4.69, 9.17) is 21.1 Å². The van der Waals surface area contributed by atoms with E-state index in [-0.39, 0.29) is 17.0 Å². The summed E-state index contributed by atoms with van der Waals surface area (Å²) in [5, 5.41) is 9.75. The molecule has 0 saturated carbocycles. The van der Waals surface area contributed by atoms with Gasteiger partial charge in [0.15, 0.2) is 11.5 Å². The van der Waals surface area contributed by atoms with E-state index >= 15 is 0 Å². The molecule has 0 spiro atoms. The molecule has 6 heteroatoms. The Hall–Kier alpha value is -1.62. The van der Waals surface area contributed by atoms with E-state index in [0.29, 0.717) is 37.4 Å². The van der Waals surface area contributed by atoms with Crippen molar-refractivity contribution in [3.63, 3.8) is 0 Å². The minimum Gasteiger partial charge on any atom is -0.502 e. The number of phenolic OH excluding ortho intramolecular Hbond substituents is 1. The van der Waals surface area contributed by atoms with Crippen LogP contribution in [0, 0.1) is 0 Å². The van der Waals surface area contributed by atoms with Gasteiger partial charge in [0.2, 0.25) is 11.7 Å². The summed E-state index contributed by atoms with van der Waals surface area (Å²) >= 11 is 5.96. The van der Waals surface area contributed by atoms with Gasteiger partial charge in [0, 0.05) is 19.5 Å². The van der Waals surface area contributed by atoms with Crippen LogP contribution in [-0.4, -0.2) is 48.6 Å². The molecule has 1 aliphatic heterocycles. The molecule has 20 heavy (non-hydrogen) atoms. The van der Waals surface area contributed by atoms with Crippen molar-refractivity contribution >= 4 is 17.5 Å². The predicted octanol–water partition coefficient (Wildman–Crippen LogP) is 1.79. The van der Waals surface area contributed by atoms with Gasteiger partial charge in [-0.25, -0.2) is 0 Å². The van der Waals surface area contributed by atoms with Crippen LogP contribution < -0.4 is 9.47 Å². The van der Waals surface area contributed by atoms with E-state index in [9.17, 15) is 9.90 Å². The van der Waals surface area contributed by atoms with Gasteiger partial charge in [0.1, 0.15) is 0 Å². The van der Waals surface area contributed by atoms with Gasteiger partial charge in [-0.1, -0.05) is 0 Å². The molecule has 0 aromatic heterocycles. The van der Waals surface area contributed by atoms with Crippen LogP contribution in [0.15, 0.2) is 12.1 Å². The number of alkyl halides is 1. The summed E-state index contributed by atoms with van der Waals surface area (Å²) in [5.74, 6) is 0.796. The molecule has 1 atom stereocenters. The van der Waals surface area contributed by atoms with Crippen LogP contribution >= 0.6 is 11.6 Å². The van der Waals surface area contributed by atoms with E-state index in [2.05, 4.69) is 0 Å². The van der Waals surface area contributed by atoms with Crippen molar-refractivity contribution in [2.24, 2.45) is 0 Å². The molecule has 5 nitrogen and oxygen atoms in total. The summed E-state index contributed by atoms with van der Waals surface area (Å²) in [4.78, 5) is 13.4. The molecule has 0 bridgehead atoms. The lowest BCUT2D eigenvalue weighted by Crippen LogP contribution is -2.27. The number of carbonyl (C=O) groups is 1. The topological polar surface area (TPSA) is 59.0 Å². The van der Waals surface area contributed by atoms with Crippen LogP contribution in [0.3, 0.4) is 0 Å². The van der Waals surface area contributed by atoms with Crippen LogP contribution in [0.25, 0.3) is 0 Å². The smallest absolute Gasteiger partial charge is 0.224 e. The van der Waals surface area contributed by atoms with Crippen LogP contribution in [0.5, 0.6) is 17.2 Å². The number of aromatic hydroxyl groups is 1. The van der Waals surface area contributed by atoms with E-state index in [1.54, 1.807) is 17.0 Å². The minimum absolute atomic E-state index is 0.0168.